The van der Waals surface area contributed by atoms with E-state index < -0.39 is 355 Å². The van der Waals surface area contributed by atoms with Crippen molar-refractivity contribution >= 4 is 0 Å². The Kier molecular flexibility index (Phi) is 30.1. The molecule has 0 spiro atoms. The highest BCUT2D eigenvalue weighted by Crippen LogP contribution is 2.39. The summed E-state index contributed by atoms with van der Waals surface area (Å²) in [5.74, 6) is 0. The van der Waals surface area contributed by atoms with E-state index in [1.165, 1.54) is 0 Å². The lowest BCUT2D eigenvalue weighted by molar-refractivity contribution is -0.399. The fraction of sp³-hybridized carbons (Fsp3) is 1.00. The molecule has 29 N–H and O–H groups in total. The first-order valence-corrected chi connectivity index (χ1v) is 33.4. The summed E-state index contributed by atoms with van der Waals surface area (Å²) in [4.78, 5) is 0. The Bertz CT molecular complexity index is 2620. The topological polar surface area (TPSA) is 762 Å². The summed E-state index contributed by atoms with van der Waals surface area (Å²) < 4.78 is 109. The highest BCUT2D eigenvalue weighted by molar-refractivity contribution is 5.01. The molecule has 0 bridgehead atoms. The van der Waals surface area contributed by atoms with Gasteiger partial charge in [0.25, 0.3) is 0 Å². The average molecular weight is 1550 g/mol. The highest BCUT2D eigenvalue weighted by atomic mass is 16.8. The van der Waals surface area contributed by atoms with E-state index in [2.05, 4.69) is 0 Å². The smallest absolute Gasteiger partial charge is 0.187 e. The molecule has 105 heavy (non-hydrogen) atoms. The maximum atomic E-state index is 12.2. The van der Waals surface area contributed by atoms with Crippen LogP contribution in [0.5, 0.6) is 0 Å². The molecule has 0 aliphatic carbocycles. The van der Waals surface area contributed by atoms with Gasteiger partial charge in [0.2, 0.25) is 0 Å². The third-order valence-corrected chi connectivity index (χ3v) is 19.6. The van der Waals surface area contributed by atoms with Gasteiger partial charge in [0.1, 0.15) is 226 Å². The van der Waals surface area contributed by atoms with Gasteiger partial charge in [-0.25, -0.2) is 0 Å². The second-order valence-corrected chi connectivity index (χ2v) is 26.8. The lowest BCUT2D eigenvalue weighted by Gasteiger charge is -2.50. The third-order valence-electron chi connectivity index (χ3n) is 19.6. The van der Waals surface area contributed by atoms with Crippen LogP contribution < -0.4 is 0 Å². The number of hydrogen-bond acceptors (Lipinski definition) is 48. The predicted molar refractivity (Wildman–Crippen MR) is 312 cm³/mol. The first kappa shape index (κ1) is 85.5. The molecule has 0 aromatic heterocycles. The molecule has 48 heteroatoms. The predicted octanol–water partition coefficient (Wildman–Crippen LogP) is -20.9. The fourth-order valence-corrected chi connectivity index (χ4v) is 13.2. The largest absolute Gasteiger partial charge is 0.394 e. The van der Waals surface area contributed by atoms with Gasteiger partial charge in [0.05, 0.1) is 66.1 Å². The zero-order valence-electron chi connectivity index (χ0n) is 54.9. The van der Waals surface area contributed by atoms with Gasteiger partial charge in [0, 0.05) is 0 Å². The molecule has 0 amide bonds. The molecule has 10 fully saturated rings. The Morgan fingerprint density at radius 3 is 0.867 bits per heavy atom. The molecule has 612 valence electrons. The van der Waals surface area contributed by atoms with Gasteiger partial charge in [-0.05, 0) is 0 Å². The van der Waals surface area contributed by atoms with Crippen LogP contribution in [0.3, 0.4) is 0 Å². The standard InChI is InChI=1S/C57H96O48/c58-1-14-24(68)28(72)37(81)50(94-14)103-45-22(66)12(63)6-88-55(45)91-9-19-43(101-52-39(83)30(74)27(71)18(97-52)8-90-49-36(80)21(65)11(62)5-87-49)34(78)41(85)54(99-19)102-44-20(98-53(40(84)33(44)77)100-42-17(4-61)93-48(86)35(79)32(42)76)10-92-56-46(23(67)13(64)7-89-56)105-57-47(31(75)26(70)16(3-60)96-57)104-51-38(82)29(73)25(69)15(2-59)95-51/h11-86H,1-10H2/t11-,12-,13-,14-,15+,16-,17-,18-,19-,20-,21+,22+,23+,24+,25-,26+,27-,28+,29-,30+,31+,32-,33-,34-,35-,36-,37-,38+,39-,40-,41-,42-,43-,44-,45-,46-,47-,48?,49-,50+,51+,52+,53+,54+,55-,56-,57+/m1/s1. The zero-order chi connectivity index (χ0) is 76.6. The van der Waals surface area contributed by atoms with Crippen molar-refractivity contribution in [3.05, 3.63) is 0 Å². The van der Waals surface area contributed by atoms with Crippen molar-refractivity contribution in [1.82, 2.24) is 0 Å². The normalized spacial score (nSPS) is 54.0. The minimum atomic E-state index is -2.53. The van der Waals surface area contributed by atoms with Crippen LogP contribution in [0, 0.1) is 0 Å². The zero-order valence-corrected chi connectivity index (χ0v) is 54.9. The summed E-state index contributed by atoms with van der Waals surface area (Å²) in [6, 6.07) is 0. The maximum absolute atomic E-state index is 12.2. The second-order valence-electron chi connectivity index (χ2n) is 26.8. The first-order valence-electron chi connectivity index (χ1n) is 33.4. The molecule has 47 atom stereocenters. The molecule has 10 aliphatic heterocycles. The number of aliphatic hydroxyl groups is 29. The van der Waals surface area contributed by atoms with E-state index in [9.17, 15) is 148 Å². The van der Waals surface area contributed by atoms with E-state index in [1.807, 2.05) is 0 Å². The molecule has 10 heterocycles. The van der Waals surface area contributed by atoms with E-state index >= 15 is 0 Å². The maximum Gasteiger partial charge on any atom is 0.187 e. The highest BCUT2D eigenvalue weighted by Gasteiger charge is 2.59. The lowest BCUT2D eigenvalue weighted by Crippen LogP contribution is -2.68. The van der Waals surface area contributed by atoms with Gasteiger partial charge in [0.15, 0.2) is 62.9 Å². The van der Waals surface area contributed by atoms with Gasteiger partial charge in [-0.15, -0.1) is 0 Å². The van der Waals surface area contributed by atoms with Crippen LogP contribution in [0.2, 0.25) is 0 Å². The average Bonchev–Trinajstić information content (AvgIpc) is 0.783. The van der Waals surface area contributed by atoms with Crippen molar-refractivity contribution < 1.29 is 238 Å². The first-order chi connectivity index (χ1) is 49.7. The second kappa shape index (κ2) is 36.9. The molecule has 0 saturated carbocycles. The molecule has 10 rings (SSSR count). The van der Waals surface area contributed by atoms with E-state index in [0.717, 1.165) is 0 Å². The molecule has 0 aromatic rings. The van der Waals surface area contributed by atoms with Gasteiger partial charge < -0.3 is 238 Å². The fourth-order valence-electron chi connectivity index (χ4n) is 13.2. The van der Waals surface area contributed by atoms with Gasteiger partial charge in [-0.3, -0.25) is 0 Å². The van der Waals surface area contributed by atoms with Crippen molar-refractivity contribution in [3.8, 4) is 0 Å². The van der Waals surface area contributed by atoms with Crippen LogP contribution in [0.15, 0.2) is 0 Å². The molecule has 10 saturated heterocycles. The van der Waals surface area contributed by atoms with Gasteiger partial charge >= 0.3 is 0 Å². The van der Waals surface area contributed by atoms with Crippen molar-refractivity contribution in [2.75, 3.05) is 66.1 Å². The minimum absolute atomic E-state index is 0.554. The monoisotopic (exact) mass is 1550 g/mol. The van der Waals surface area contributed by atoms with Crippen molar-refractivity contribution in [1.29, 1.82) is 0 Å². The SMILES string of the molecule is OC[C@@H]1O[C@@H](O[C@H]2[C@H](O[C@H]3[C@@H](OC[C@H]4O[C@@H](O[C@H]5[C@H](O)[C@@H](O)C(O)O[C@@H]5CO)[C@H](O)[C@@H](O)[C@@H]4O[C@@H]4O[C@H](CO[C@H]5OC[C@@H](O)[C@H](O)[C@H]5O[C@@H]5O[C@H](CO)[C@H](O)[C@H](O)[C@H]5O)[C@@H](O[C@@H]5O[C@H](CO[C@H]6OC[C@@H](O)[C@H](O)[C@H]6O)[C@@H](O)[C@H](O)[C@H]5O)[C@H](O)[C@H]4O)OC[C@@H](O)[C@@H]3O)O[C@H](CO)[C@H](O)[C@@H]2O)[C@@H](O)[C@H](O)[C@@H]1O. The number of rotatable bonds is 25. The lowest BCUT2D eigenvalue weighted by atomic mass is 9.95. The Labute approximate surface area is 591 Å². The summed E-state index contributed by atoms with van der Waals surface area (Å²) in [6.45, 7) is -9.29. The summed E-state index contributed by atoms with van der Waals surface area (Å²) in [7, 11) is 0. The van der Waals surface area contributed by atoms with E-state index in [1.54, 1.807) is 0 Å². The Balaban J connectivity index is 0.946. The van der Waals surface area contributed by atoms with Gasteiger partial charge in [-0.2, -0.15) is 0 Å². The molecule has 10 aliphatic rings. The van der Waals surface area contributed by atoms with Crippen molar-refractivity contribution in [2.45, 2.75) is 289 Å². The molecular weight excluding hydrogens is 1450 g/mol. The Morgan fingerprint density at radius 2 is 0.457 bits per heavy atom. The van der Waals surface area contributed by atoms with Crippen molar-refractivity contribution in [3.63, 3.8) is 0 Å². The number of hydrogen-bond donors (Lipinski definition) is 29. The van der Waals surface area contributed by atoms with Crippen LogP contribution in [0.1, 0.15) is 0 Å². The molecule has 1 unspecified atom stereocenters. The van der Waals surface area contributed by atoms with E-state index in [0.29, 0.717) is 0 Å². The summed E-state index contributed by atoms with van der Waals surface area (Å²) in [5, 5.41) is 315. The molecule has 0 radical (unpaired) electrons. The van der Waals surface area contributed by atoms with Crippen LogP contribution >= 0.6 is 0 Å². The summed E-state index contributed by atoms with van der Waals surface area (Å²) in [5.41, 5.74) is 0. The summed E-state index contributed by atoms with van der Waals surface area (Å²) >= 11 is 0. The van der Waals surface area contributed by atoms with Crippen LogP contribution in [-0.4, -0.2) is 503 Å². The molecular formula is C57H96O48. The van der Waals surface area contributed by atoms with Crippen molar-refractivity contribution in [2.24, 2.45) is 0 Å². The summed E-state index contributed by atoms with van der Waals surface area (Å²) in [6.07, 6.45) is -97.1. The van der Waals surface area contributed by atoms with E-state index in [4.69, 9.17) is 90.0 Å². The molecule has 48 nitrogen and oxygen atoms in total. The Morgan fingerprint density at radius 1 is 0.200 bits per heavy atom. The minimum Gasteiger partial charge on any atom is -0.394 e. The Hall–Kier alpha value is -1.92. The third kappa shape index (κ3) is 18.3. The van der Waals surface area contributed by atoms with E-state index in [-0.39, 0.29) is 0 Å². The van der Waals surface area contributed by atoms with Crippen LogP contribution in [0.25, 0.3) is 0 Å². The van der Waals surface area contributed by atoms with Crippen LogP contribution in [-0.2, 0) is 90.0 Å². The number of ether oxygens (including phenoxy) is 19. The number of aliphatic hydroxyl groups excluding tert-OH is 29. The quantitative estimate of drug-likeness (QED) is 0.0404. The van der Waals surface area contributed by atoms with Crippen LogP contribution in [0.4, 0.5) is 0 Å². The van der Waals surface area contributed by atoms with Gasteiger partial charge in [-0.1, -0.05) is 0 Å². The molecule has 0 aromatic carbocycles.